The van der Waals surface area contributed by atoms with Gasteiger partial charge < -0.3 is 14.5 Å². The van der Waals surface area contributed by atoms with Crippen molar-refractivity contribution >= 4 is 29.3 Å². The second-order valence-electron chi connectivity index (χ2n) is 6.46. The predicted octanol–water partition coefficient (Wildman–Crippen LogP) is 3.58. The fourth-order valence-electron chi connectivity index (χ4n) is 2.95. The van der Waals surface area contributed by atoms with Crippen LogP contribution in [-0.2, 0) is 9.59 Å². The monoisotopic (exact) mass is 402 g/mol. The third-order valence-corrected chi connectivity index (χ3v) is 5.57. The number of ether oxygens (including phenoxy) is 1. The number of anilines is 1. The molecular formula is C21H23FN2O3S. The lowest BCUT2D eigenvalue weighted by molar-refractivity contribution is -0.132. The van der Waals surface area contributed by atoms with Gasteiger partial charge in [-0.15, -0.1) is 11.8 Å². The SMILES string of the molecule is CN(CCOc1ccccc1F)C(=O)CCC(=O)N1CCSc2ccccc21. The van der Waals surface area contributed by atoms with Crippen LogP contribution in [0.15, 0.2) is 53.4 Å². The van der Waals surface area contributed by atoms with Crippen molar-refractivity contribution < 1.29 is 18.7 Å². The Morgan fingerprint density at radius 2 is 1.89 bits per heavy atom. The molecule has 1 aliphatic rings. The van der Waals surface area contributed by atoms with Crippen molar-refractivity contribution in [1.29, 1.82) is 0 Å². The van der Waals surface area contributed by atoms with Crippen molar-refractivity contribution in [3.63, 3.8) is 0 Å². The van der Waals surface area contributed by atoms with Gasteiger partial charge in [-0.2, -0.15) is 0 Å². The molecule has 0 atom stereocenters. The third kappa shape index (κ3) is 5.04. The molecular weight excluding hydrogens is 379 g/mol. The van der Waals surface area contributed by atoms with Crippen LogP contribution in [0.3, 0.4) is 0 Å². The molecule has 0 aromatic heterocycles. The van der Waals surface area contributed by atoms with Gasteiger partial charge in [0.25, 0.3) is 0 Å². The van der Waals surface area contributed by atoms with Crippen molar-refractivity contribution in [2.75, 3.05) is 37.4 Å². The van der Waals surface area contributed by atoms with Crippen LogP contribution in [0, 0.1) is 5.82 Å². The number of likely N-dealkylation sites (N-methyl/N-ethyl adjacent to an activating group) is 1. The smallest absolute Gasteiger partial charge is 0.227 e. The molecule has 2 aromatic carbocycles. The molecule has 1 heterocycles. The molecule has 5 nitrogen and oxygen atoms in total. The number of para-hydroxylation sites is 2. The van der Waals surface area contributed by atoms with E-state index < -0.39 is 5.82 Å². The highest BCUT2D eigenvalue weighted by atomic mass is 32.2. The van der Waals surface area contributed by atoms with Gasteiger partial charge in [-0.25, -0.2) is 4.39 Å². The van der Waals surface area contributed by atoms with E-state index in [0.717, 1.165) is 16.3 Å². The Labute approximate surface area is 168 Å². The van der Waals surface area contributed by atoms with E-state index in [4.69, 9.17) is 4.74 Å². The first kappa shape index (κ1) is 20.2. The number of amides is 2. The van der Waals surface area contributed by atoms with Gasteiger partial charge in [-0.1, -0.05) is 24.3 Å². The summed E-state index contributed by atoms with van der Waals surface area (Å²) in [5, 5.41) is 0. The highest BCUT2D eigenvalue weighted by Gasteiger charge is 2.23. The lowest BCUT2D eigenvalue weighted by atomic mass is 10.2. The normalized spacial score (nSPS) is 13.0. The van der Waals surface area contributed by atoms with Crippen molar-refractivity contribution in [3.05, 3.63) is 54.3 Å². The topological polar surface area (TPSA) is 49.9 Å². The summed E-state index contributed by atoms with van der Waals surface area (Å²) in [5.41, 5.74) is 0.919. The Morgan fingerprint density at radius 1 is 1.14 bits per heavy atom. The number of hydrogen-bond acceptors (Lipinski definition) is 4. The molecule has 0 N–H and O–H groups in total. The largest absolute Gasteiger partial charge is 0.489 e. The fourth-order valence-corrected chi connectivity index (χ4v) is 3.94. The number of carbonyl (C=O) groups is 2. The molecule has 2 amide bonds. The quantitative estimate of drug-likeness (QED) is 0.710. The molecule has 0 fully saturated rings. The number of rotatable bonds is 7. The van der Waals surface area contributed by atoms with Gasteiger partial charge in [0, 0.05) is 37.1 Å². The molecule has 2 aromatic rings. The Bertz CT molecular complexity index is 846. The Balaban J connectivity index is 1.45. The van der Waals surface area contributed by atoms with E-state index in [1.54, 1.807) is 41.9 Å². The first-order valence-corrected chi connectivity index (χ1v) is 10.2. The molecule has 0 radical (unpaired) electrons. The van der Waals surface area contributed by atoms with Crippen LogP contribution >= 0.6 is 11.8 Å². The number of carbonyl (C=O) groups excluding carboxylic acids is 2. The average molecular weight is 402 g/mol. The summed E-state index contributed by atoms with van der Waals surface area (Å²) in [6.45, 7) is 1.17. The highest BCUT2D eigenvalue weighted by molar-refractivity contribution is 7.99. The molecule has 148 valence electrons. The van der Waals surface area contributed by atoms with Gasteiger partial charge in [0.2, 0.25) is 11.8 Å². The minimum Gasteiger partial charge on any atom is -0.489 e. The Morgan fingerprint density at radius 3 is 2.71 bits per heavy atom. The molecule has 7 heteroatoms. The van der Waals surface area contributed by atoms with E-state index in [9.17, 15) is 14.0 Å². The van der Waals surface area contributed by atoms with Gasteiger partial charge in [0.05, 0.1) is 12.2 Å². The van der Waals surface area contributed by atoms with Crippen LogP contribution in [-0.4, -0.2) is 49.2 Å². The third-order valence-electron chi connectivity index (χ3n) is 4.53. The van der Waals surface area contributed by atoms with Crippen molar-refractivity contribution in [3.8, 4) is 5.75 Å². The van der Waals surface area contributed by atoms with E-state index in [1.807, 2.05) is 24.3 Å². The van der Waals surface area contributed by atoms with Crippen LogP contribution in [0.2, 0.25) is 0 Å². The molecule has 3 rings (SSSR count). The number of halogens is 1. The van der Waals surface area contributed by atoms with Crippen molar-refractivity contribution in [1.82, 2.24) is 4.90 Å². The molecule has 0 saturated heterocycles. The van der Waals surface area contributed by atoms with Crippen LogP contribution in [0.4, 0.5) is 10.1 Å². The number of hydrogen-bond donors (Lipinski definition) is 0. The molecule has 0 spiro atoms. The van der Waals surface area contributed by atoms with E-state index >= 15 is 0 Å². The van der Waals surface area contributed by atoms with Crippen molar-refractivity contribution in [2.45, 2.75) is 17.7 Å². The minimum absolute atomic E-state index is 0.0443. The average Bonchev–Trinajstić information content (AvgIpc) is 2.72. The second kappa shape index (κ2) is 9.59. The lowest BCUT2D eigenvalue weighted by Crippen LogP contribution is -2.37. The molecule has 28 heavy (non-hydrogen) atoms. The standard InChI is InChI=1S/C21H23FN2O3S/c1-23(12-14-27-18-8-4-2-6-16(18)22)20(25)10-11-21(26)24-13-15-28-19-9-5-3-7-17(19)24/h2-9H,10-15H2,1H3. The molecule has 0 aliphatic carbocycles. The minimum atomic E-state index is -0.429. The van der Waals surface area contributed by atoms with Gasteiger partial charge in [0.1, 0.15) is 6.61 Å². The van der Waals surface area contributed by atoms with Crippen LogP contribution in [0.1, 0.15) is 12.8 Å². The van der Waals surface area contributed by atoms with E-state index in [1.165, 1.54) is 11.0 Å². The number of thioether (sulfide) groups is 1. The zero-order valence-corrected chi connectivity index (χ0v) is 16.6. The number of nitrogens with zero attached hydrogens (tertiary/aromatic N) is 2. The summed E-state index contributed by atoms with van der Waals surface area (Å²) in [7, 11) is 1.66. The summed E-state index contributed by atoms with van der Waals surface area (Å²) < 4.78 is 18.9. The van der Waals surface area contributed by atoms with Gasteiger partial charge >= 0.3 is 0 Å². The summed E-state index contributed by atoms with van der Waals surface area (Å²) in [5.74, 6) is 0.411. The molecule has 0 unspecified atom stereocenters. The van der Waals surface area contributed by atoms with Gasteiger partial charge in [0.15, 0.2) is 11.6 Å². The Hall–Kier alpha value is -2.54. The van der Waals surface area contributed by atoms with Crippen LogP contribution in [0.25, 0.3) is 0 Å². The zero-order chi connectivity index (χ0) is 19.9. The summed E-state index contributed by atoms with van der Waals surface area (Å²) in [4.78, 5) is 29.3. The maximum atomic E-state index is 13.5. The molecule has 1 aliphatic heterocycles. The van der Waals surface area contributed by atoms with E-state index in [2.05, 4.69) is 0 Å². The Kier molecular flexibility index (Phi) is 6.92. The maximum Gasteiger partial charge on any atom is 0.227 e. The number of benzene rings is 2. The molecule has 0 saturated carbocycles. The lowest BCUT2D eigenvalue weighted by Gasteiger charge is -2.29. The fraction of sp³-hybridized carbons (Fsp3) is 0.333. The summed E-state index contributed by atoms with van der Waals surface area (Å²) in [6.07, 6.45) is 0.303. The van der Waals surface area contributed by atoms with Crippen molar-refractivity contribution in [2.24, 2.45) is 0 Å². The van der Waals surface area contributed by atoms with Crippen LogP contribution < -0.4 is 9.64 Å². The second-order valence-corrected chi connectivity index (χ2v) is 7.59. The van der Waals surface area contributed by atoms with Gasteiger partial charge in [-0.3, -0.25) is 9.59 Å². The first-order valence-electron chi connectivity index (χ1n) is 9.20. The summed E-state index contributed by atoms with van der Waals surface area (Å²) in [6, 6.07) is 14.0. The zero-order valence-electron chi connectivity index (χ0n) is 15.8. The van der Waals surface area contributed by atoms with E-state index in [0.29, 0.717) is 13.1 Å². The number of fused-ring (bicyclic) bond motifs is 1. The van der Waals surface area contributed by atoms with E-state index in [-0.39, 0.29) is 37.0 Å². The first-order chi connectivity index (χ1) is 13.6. The summed E-state index contributed by atoms with van der Waals surface area (Å²) >= 11 is 1.74. The molecule has 0 bridgehead atoms. The predicted molar refractivity (Wildman–Crippen MR) is 108 cm³/mol. The highest BCUT2D eigenvalue weighted by Crippen LogP contribution is 2.34. The maximum absolute atomic E-state index is 13.5. The van der Waals surface area contributed by atoms with Crippen LogP contribution in [0.5, 0.6) is 5.75 Å². The van der Waals surface area contributed by atoms with Gasteiger partial charge in [-0.05, 0) is 24.3 Å².